The summed E-state index contributed by atoms with van der Waals surface area (Å²) in [7, 11) is 0. The second kappa shape index (κ2) is 8.73. The van der Waals surface area contributed by atoms with E-state index in [1.807, 2.05) is 41.1 Å². The molecule has 0 aliphatic heterocycles. The zero-order valence-corrected chi connectivity index (χ0v) is 17.0. The molecule has 0 radical (unpaired) electrons. The third-order valence-corrected chi connectivity index (χ3v) is 5.24. The fourth-order valence-electron chi connectivity index (χ4n) is 3.93. The van der Waals surface area contributed by atoms with E-state index in [2.05, 4.69) is 26.1 Å². The SMILES string of the molecule is CC(C)(C)Cc1cc(NC(=O)CCC2CCCCC2)n(-c2ccccc2)n1. The highest BCUT2D eigenvalue weighted by Crippen LogP contribution is 2.28. The number of anilines is 1. The van der Waals surface area contributed by atoms with Gasteiger partial charge in [0.15, 0.2) is 0 Å². The van der Waals surface area contributed by atoms with Crippen LogP contribution in [0.1, 0.15) is 71.4 Å². The lowest BCUT2D eigenvalue weighted by atomic mass is 9.86. The van der Waals surface area contributed by atoms with Gasteiger partial charge in [-0.3, -0.25) is 4.79 Å². The van der Waals surface area contributed by atoms with E-state index < -0.39 is 0 Å². The maximum absolute atomic E-state index is 12.6. The van der Waals surface area contributed by atoms with E-state index in [-0.39, 0.29) is 11.3 Å². The highest BCUT2D eigenvalue weighted by atomic mass is 16.1. The molecule has 1 aromatic carbocycles. The van der Waals surface area contributed by atoms with Crippen LogP contribution in [0, 0.1) is 11.3 Å². The number of benzene rings is 1. The molecule has 2 aromatic rings. The Balaban J connectivity index is 1.71. The number of para-hydroxylation sites is 1. The van der Waals surface area contributed by atoms with E-state index in [0.717, 1.165) is 36.0 Å². The van der Waals surface area contributed by atoms with Crippen LogP contribution in [0.3, 0.4) is 0 Å². The van der Waals surface area contributed by atoms with Crippen LogP contribution in [-0.4, -0.2) is 15.7 Å². The first kappa shape index (κ1) is 19.7. The summed E-state index contributed by atoms with van der Waals surface area (Å²) in [6.07, 6.45) is 9.04. The van der Waals surface area contributed by atoms with Crippen molar-refractivity contribution >= 4 is 11.7 Å². The molecular weight excluding hydrogens is 334 g/mol. The van der Waals surface area contributed by atoms with Gasteiger partial charge in [-0.25, -0.2) is 4.68 Å². The van der Waals surface area contributed by atoms with E-state index in [4.69, 9.17) is 5.10 Å². The third-order valence-electron chi connectivity index (χ3n) is 5.24. The lowest BCUT2D eigenvalue weighted by molar-refractivity contribution is -0.116. The van der Waals surface area contributed by atoms with Crippen molar-refractivity contribution in [3.8, 4) is 5.69 Å². The molecule has 4 nitrogen and oxygen atoms in total. The average Bonchev–Trinajstić information content (AvgIpc) is 3.02. The number of nitrogens with zero attached hydrogens (tertiary/aromatic N) is 2. The van der Waals surface area contributed by atoms with Gasteiger partial charge in [-0.1, -0.05) is 71.1 Å². The summed E-state index contributed by atoms with van der Waals surface area (Å²) in [5.74, 6) is 1.59. The van der Waals surface area contributed by atoms with Crippen molar-refractivity contribution in [3.63, 3.8) is 0 Å². The normalized spacial score (nSPS) is 15.7. The molecule has 1 aliphatic rings. The number of nitrogens with one attached hydrogen (secondary N) is 1. The summed E-state index contributed by atoms with van der Waals surface area (Å²) in [4.78, 5) is 12.6. The number of rotatable bonds is 6. The summed E-state index contributed by atoms with van der Waals surface area (Å²) in [6.45, 7) is 6.62. The Kier molecular flexibility index (Phi) is 6.35. The molecule has 1 heterocycles. The number of carbonyl (C=O) groups excluding carboxylic acids is 1. The zero-order chi connectivity index (χ0) is 19.3. The van der Waals surface area contributed by atoms with Gasteiger partial charge in [-0.05, 0) is 36.3 Å². The molecule has 27 heavy (non-hydrogen) atoms. The maximum atomic E-state index is 12.6. The lowest BCUT2D eigenvalue weighted by Crippen LogP contribution is -2.17. The molecule has 1 fully saturated rings. The van der Waals surface area contributed by atoms with Crippen LogP contribution in [0.4, 0.5) is 5.82 Å². The molecule has 1 aromatic heterocycles. The monoisotopic (exact) mass is 367 g/mol. The minimum Gasteiger partial charge on any atom is -0.311 e. The Hall–Kier alpha value is -2.10. The Morgan fingerprint density at radius 2 is 1.85 bits per heavy atom. The average molecular weight is 368 g/mol. The molecule has 146 valence electrons. The summed E-state index contributed by atoms with van der Waals surface area (Å²) in [5, 5.41) is 7.89. The Bertz CT molecular complexity index is 737. The van der Waals surface area contributed by atoms with Crippen molar-refractivity contribution in [2.24, 2.45) is 11.3 Å². The first-order valence-electron chi connectivity index (χ1n) is 10.3. The van der Waals surface area contributed by atoms with Crippen LogP contribution >= 0.6 is 0 Å². The largest absolute Gasteiger partial charge is 0.311 e. The Morgan fingerprint density at radius 3 is 2.52 bits per heavy atom. The molecule has 3 rings (SSSR count). The van der Waals surface area contributed by atoms with Crippen LogP contribution in [0.5, 0.6) is 0 Å². The first-order chi connectivity index (χ1) is 12.9. The number of hydrogen-bond acceptors (Lipinski definition) is 2. The second-order valence-corrected chi connectivity index (χ2v) is 9.10. The van der Waals surface area contributed by atoms with E-state index >= 15 is 0 Å². The van der Waals surface area contributed by atoms with Crippen molar-refractivity contribution < 1.29 is 4.79 Å². The maximum Gasteiger partial charge on any atom is 0.225 e. The smallest absolute Gasteiger partial charge is 0.225 e. The highest BCUT2D eigenvalue weighted by molar-refractivity contribution is 5.90. The standard InChI is InChI=1S/C23H33N3O/c1-23(2,3)17-19-16-21(26(25-19)20-12-8-5-9-13-20)24-22(27)15-14-18-10-6-4-7-11-18/h5,8-9,12-13,16,18H,4,6-7,10-11,14-15,17H2,1-3H3,(H,24,27). The van der Waals surface area contributed by atoms with Gasteiger partial charge in [0, 0.05) is 12.5 Å². The highest BCUT2D eigenvalue weighted by Gasteiger charge is 2.19. The predicted molar refractivity (Wildman–Crippen MR) is 111 cm³/mol. The molecular formula is C23H33N3O. The van der Waals surface area contributed by atoms with Gasteiger partial charge < -0.3 is 5.32 Å². The van der Waals surface area contributed by atoms with E-state index in [9.17, 15) is 4.79 Å². The van der Waals surface area contributed by atoms with E-state index in [0.29, 0.717) is 6.42 Å². The van der Waals surface area contributed by atoms with E-state index in [1.54, 1.807) is 0 Å². The quantitative estimate of drug-likeness (QED) is 0.705. The van der Waals surface area contributed by atoms with Crippen LogP contribution < -0.4 is 5.32 Å². The minimum atomic E-state index is 0.0972. The number of aromatic nitrogens is 2. The number of hydrogen-bond donors (Lipinski definition) is 1. The molecule has 0 spiro atoms. The van der Waals surface area contributed by atoms with Crippen LogP contribution in [-0.2, 0) is 11.2 Å². The Morgan fingerprint density at radius 1 is 1.15 bits per heavy atom. The van der Waals surface area contributed by atoms with E-state index in [1.165, 1.54) is 32.1 Å². The minimum absolute atomic E-state index is 0.0972. The summed E-state index contributed by atoms with van der Waals surface area (Å²) in [6, 6.07) is 12.0. The number of amides is 1. The summed E-state index contributed by atoms with van der Waals surface area (Å²) < 4.78 is 1.86. The van der Waals surface area contributed by atoms with Crippen molar-refractivity contribution in [1.82, 2.24) is 9.78 Å². The van der Waals surface area contributed by atoms with Crippen molar-refractivity contribution in [2.75, 3.05) is 5.32 Å². The Labute approximate surface area is 163 Å². The van der Waals surface area contributed by atoms with Gasteiger partial charge in [-0.2, -0.15) is 5.10 Å². The predicted octanol–water partition coefficient (Wildman–Crippen LogP) is 5.76. The molecule has 1 N–H and O–H groups in total. The fourth-order valence-corrected chi connectivity index (χ4v) is 3.93. The summed E-state index contributed by atoms with van der Waals surface area (Å²) in [5.41, 5.74) is 2.13. The molecule has 0 unspecified atom stereocenters. The number of carbonyl (C=O) groups is 1. The molecule has 4 heteroatoms. The second-order valence-electron chi connectivity index (χ2n) is 9.10. The van der Waals surface area contributed by atoms with Crippen LogP contribution in [0.15, 0.2) is 36.4 Å². The topological polar surface area (TPSA) is 46.9 Å². The molecule has 1 saturated carbocycles. The molecule has 1 aliphatic carbocycles. The summed E-state index contributed by atoms with van der Waals surface area (Å²) >= 11 is 0. The van der Waals surface area contributed by atoms with Gasteiger partial charge in [0.05, 0.1) is 11.4 Å². The third kappa shape index (κ3) is 5.95. The van der Waals surface area contributed by atoms with Crippen molar-refractivity contribution in [3.05, 3.63) is 42.1 Å². The van der Waals surface area contributed by atoms with Crippen molar-refractivity contribution in [1.29, 1.82) is 0 Å². The zero-order valence-electron chi connectivity index (χ0n) is 17.0. The van der Waals surface area contributed by atoms with Gasteiger partial charge in [0.2, 0.25) is 5.91 Å². The van der Waals surface area contributed by atoms with Gasteiger partial charge in [0.1, 0.15) is 5.82 Å². The van der Waals surface area contributed by atoms with Gasteiger partial charge >= 0.3 is 0 Å². The fraction of sp³-hybridized carbons (Fsp3) is 0.565. The van der Waals surface area contributed by atoms with Crippen LogP contribution in [0.2, 0.25) is 0 Å². The molecule has 0 atom stereocenters. The lowest BCUT2D eigenvalue weighted by Gasteiger charge is -2.21. The van der Waals surface area contributed by atoms with Crippen molar-refractivity contribution in [2.45, 2.75) is 72.1 Å². The molecule has 0 bridgehead atoms. The van der Waals surface area contributed by atoms with Gasteiger partial charge in [-0.15, -0.1) is 0 Å². The molecule has 0 saturated heterocycles. The van der Waals surface area contributed by atoms with Crippen LogP contribution in [0.25, 0.3) is 5.69 Å². The first-order valence-corrected chi connectivity index (χ1v) is 10.3. The van der Waals surface area contributed by atoms with Gasteiger partial charge in [0.25, 0.3) is 0 Å². The molecule has 1 amide bonds.